The third kappa shape index (κ3) is 5.33. The van der Waals surface area contributed by atoms with Crippen LogP contribution in [0.2, 0.25) is 0 Å². The molecular formula is C60H36N2OS. The monoisotopic (exact) mass is 832 g/mol. The lowest BCUT2D eigenvalue weighted by molar-refractivity contribution is 0.669. The average molecular weight is 833 g/mol. The number of fused-ring (bicyclic) bond motifs is 12. The molecule has 4 heteroatoms. The van der Waals surface area contributed by atoms with Crippen LogP contribution in [0.15, 0.2) is 223 Å². The molecule has 0 aliphatic rings. The van der Waals surface area contributed by atoms with E-state index in [1.165, 1.54) is 97.3 Å². The molecule has 4 heterocycles. The van der Waals surface area contributed by atoms with E-state index >= 15 is 0 Å². The normalized spacial score (nSPS) is 12.1. The molecule has 0 radical (unpaired) electrons. The lowest BCUT2D eigenvalue weighted by atomic mass is 9.97. The van der Waals surface area contributed by atoms with Crippen LogP contribution in [0.4, 0.5) is 0 Å². The van der Waals surface area contributed by atoms with Gasteiger partial charge in [-0.15, -0.1) is 11.3 Å². The highest BCUT2D eigenvalue weighted by atomic mass is 32.1. The summed E-state index contributed by atoms with van der Waals surface area (Å²) in [5.74, 6) is 0. The first-order valence-corrected chi connectivity index (χ1v) is 22.6. The van der Waals surface area contributed by atoms with Gasteiger partial charge in [0.1, 0.15) is 11.2 Å². The molecule has 10 aromatic carbocycles. The van der Waals surface area contributed by atoms with Crippen LogP contribution in [0.1, 0.15) is 0 Å². The summed E-state index contributed by atoms with van der Waals surface area (Å²) in [5, 5.41) is 9.82. The maximum Gasteiger partial charge on any atom is 0.135 e. The van der Waals surface area contributed by atoms with Crippen LogP contribution in [-0.2, 0) is 0 Å². The molecule has 0 aliphatic carbocycles. The Labute approximate surface area is 371 Å². The molecule has 0 unspecified atom stereocenters. The number of furan rings is 1. The molecule has 0 atom stereocenters. The van der Waals surface area contributed by atoms with Crippen molar-refractivity contribution >= 4 is 97.1 Å². The lowest BCUT2D eigenvalue weighted by Crippen LogP contribution is -1.93. The number of para-hydroxylation sites is 3. The second kappa shape index (κ2) is 13.7. The van der Waals surface area contributed by atoms with Crippen LogP contribution >= 0.6 is 11.3 Å². The third-order valence-corrected chi connectivity index (χ3v) is 14.5. The fourth-order valence-corrected chi connectivity index (χ4v) is 11.4. The van der Waals surface area contributed by atoms with Gasteiger partial charge < -0.3 is 13.6 Å². The molecule has 0 amide bonds. The molecule has 0 aliphatic heterocycles. The van der Waals surface area contributed by atoms with Crippen molar-refractivity contribution in [3.05, 3.63) is 218 Å². The van der Waals surface area contributed by atoms with Gasteiger partial charge in [-0.3, -0.25) is 0 Å². The van der Waals surface area contributed by atoms with Crippen molar-refractivity contribution in [2.24, 2.45) is 0 Å². The fourth-order valence-electron chi connectivity index (χ4n) is 10.3. The van der Waals surface area contributed by atoms with Crippen molar-refractivity contribution in [2.45, 2.75) is 0 Å². The number of benzene rings is 10. The molecule has 14 aromatic rings. The highest BCUT2D eigenvalue weighted by molar-refractivity contribution is 7.25. The molecular weight excluding hydrogens is 797 g/mol. The van der Waals surface area contributed by atoms with Crippen molar-refractivity contribution in [1.29, 1.82) is 0 Å². The number of aromatic nitrogens is 2. The topological polar surface area (TPSA) is 23.0 Å². The van der Waals surface area contributed by atoms with Crippen LogP contribution < -0.4 is 0 Å². The molecule has 0 spiro atoms. The molecule has 3 nitrogen and oxygen atoms in total. The molecule has 64 heavy (non-hydrogen) atoms. The van der Waals surface area contributed by atoms with Gasteiger partial charge in [-0.1, -0.05) is 121 Å². The third-order valence-electron chi connectivity index (χ3n) is 13.3. The Morgan fingerprint density at radius 3 is 1.38 bits per heavy atom. The summed E-state index contributed by atoms with van der Waals surface area (Å²) in [7, 11) is 0. The number of rotatable bonds is 5. The van der Waals surface area contributed by atoms with Crippen LogP contribution in [0.25, 0.3) is 130 Å². The van der Waals surface area contributed by atoms with Crippen molar-refractivity contribution in [3.8, 4) is 44.8 Å². The van der Waals surface area contributed by atoms with Gasteiger partial charge >= 0.3 is 0 Å². The Bertz CT molecular complexity index is 4150. The number of thiophene rings is 1. The van der Waals surface area contributed by atoms with Gasteiger partial charge in [-0.25, -0.2) is 0 Å². The summed E-state index contributed by atoms with van der Waals surface area (Å²) >= 11 is 1.86. The summed E-state index contributed by atoms with van der Waals surface area (Å²) in [6.07, 6.45) is 0. The first-order valence-electron chi connectivity index (χ1n) is 21.8. The molecule has 0 bridgehead atoms. The predicted octanol–water partition coefficient (Wildman–Crippen LogP) is 17.1. The summed E-state index contributed by atoms with van der Waals surface area (Å²) in [4.78, 5) is 0. The van der Waals surface area contributed by atoms with Gasteiger partial charge in [-0.2, -0.15) is 0 Å². The van der Waals surface area contributed by atoms with E-state index in [2.05, 4.69) is 228 Å². The maximum atomic E-state index is 6.48. The minimum Gasteiger partial charge on any atom is -0.456 e. The second-order valence-corrected chi connectivity index (χ2v) is 18.0. The lowest BCUT2D eigenvalue weighted by Gasteiger charge is -2.09. The Kier molecular flexibility index (Phi) is 7.56. The Balaban J connectivity index is 0.854. The van der Waals surface area contributed by atoms with E-state index in [0.29, 0.717) is 0 Å². The zero-order chi connectivity index (χ0) is 41.9. The van der Waals surface area contributed by atoms with Crippen molar-refractivity contribution in [3.63, 3.8) is 0 Å². The average Bonchev–Trinajstić information content (AvgIpc) is 4.11. The van der Waals surface area contributed by atoms with Crippen LogP contribution in [0.3, 0.4) is 0 Å². The van der Waals surface area contributed by atoms with E-state index in [1.807, 2.05) is 11.3 Å². The second-order valence-electron chi connectivity index (χ2n) is 16.9. The van der Waals surface area contributed by atoms with Gasteiger partial charge in [0, 0.05) is 63.9 Å². The molecule has 298 valence electrons. The molecule has 0 fully saturated rings. The zero-order valence-electron chi connectivity index (χ0n) is 34.5. The number of hydrogen-bond acceptors (Lipinski definition) is 2. The van der Waals surface area contributed by atoms with Gasteiger partial charge in [0.15, 0.2) is 0 Å². The molecule has 4 aromatic heterocycles. The summed E-state index contributed by atoms with van der Waals surface area (Å²) in [5.41, 5.74) is 16.0. The van der Waals surface area contributed by atoms with Crippen molar-refractivity contribution in [1.82, 2.24) is 9.13 Å². The Hall–Kier alpha value is -8.18. The molecule has 0 N–H and O–H groups in total. The Morgan fingerprint density at radius 2 is 0.688 bits per heavy atom. The molecule has 14 rings (SSSR count). The standard InChI is InChI=1S/C60H36N2OS/c1-2-11-37(12-3-1)40-21-26-56-48(32-40)47-17-6-9-20-55(47)62(56)43-24-28-58-50(35-43)49-33-41(22-27-57(49)63-58)38-13-10-14-39(31-38)42-23-29-59-51(34-42)52-36-44(25-30-60(52)64-59)61-53-18-7-4-15-45(53)46-16-5-8-19-54(46)61/h1-36H. The number of nitrogens with zero attached hydrogens (tertiary/aromatic N) is 2. The van der Waals surface area contributed by atoms with Gasteiger partial charge in [0.2, 0.25) is 0 Å². The predicted molar refractivity (Wildman–Crippen MR) is 272 cm³/mol. The van der Waals surface area contributed by atoms with Gasteiger partial charge in [-0.05, 0) is 130 Å². The quantitative estimate of drug-likeness (QED) is 0.169. The van der Waals surface area contributed by atoms with E-state index in [-0.39, 0.29) is 0 Å². The van der Waals surface area contributed by atoms with E-state index < -0.39 is 0 Å². The van der Waals surface area contributed by atoms with Crippen molar-refractivity contribution in [2.75, 3.05) is 0 Å². The zero-order valence-corrected chi connectivity index (χ0v) is 35.3. The van der Waals surface area contributed by atoms with E-state index in [4.69, 9.17) is 4.42 Å². The molecule has 0 saturated carbocycles. The first kappa shape index (κ1) is 35.4. The highest BCUT2D eigenvalue weighted by Gasteiger charge is 2.18. The smallest absolute Gasteiger partial charge is 0.135 e. The van der Waals surface area contributed by atoms with Gasteiger partial charge in [0.05, 0.1) is 22.1 Å². The summed E-state index contributed by atoms with van der Waals surface area (Å²) in [6, 6.07) is 79.7. The van der Waals surface area contributed by atoms with E-state index in [1.54, 1.807) is 0 Å². The van der Waals surface area contributed by atoms with E-state index in [9.17, 15) is 0 Å². The van der Waals surface area contributed by atoms with Gasteiger partial charge in [0.25, 0.3) is 0 Å². The summed E-state index contributed by atoms with van der Waals surface area (Å²) in [6.45, 7) is 0. The minimum absolute atomic E-state index is 0.884. The minimum atomic E-state index is 0.884. The first-order chi connectivity index (χ1) is 31.7. The maximum absolute atomic E-state index is 6.48. The highest BCUT2D eigenvalue weighted by Crippen LogP contribution is 2.42. The number of hydrogen-bond donors (Lipinski definition) is 0. The molecule has 0 saturated heterocycles. The summed E-state index contributed by atoms with van der Waals surface area (Å²) < 4.78 is 13.9. The Morgan fingerprint density at radius 1 is 0.266 bits per heavy atom. The fraction of sp³-hybridized carbons (Fsp3) is 0. The van der Waals surface area contributed by atoms with Crippen molar-refractivity contribution < 1.29 is 4.42 Å². The van der Waals surface area contributed by atoms with Crippen LogP contribution in [0.5, 0.6) is 0 Å². The SMILES string of the molecule is c1ccc(-c2ccc3c(c2)c2ccccc2n3-c2ccc3oc4ccc(-c5cccc(-c6ccc7sc8ccc(-n9c%10ccccc%10c%10ccccc%109)cc8c7c6)c5)cc4c3c2)cc1. The van der Waals surface area contributed by atoms with Crippen LogP contribution in [0, 0.1) is 0 Å². The largest absolute Gasteiger partial charge is 0.456 e. The van der Waals surface area contributed by atoms with E-state index in [0.717, 1.165) is 33.2 Å². The van der Waals surface area contributed by atoms with Crippen LogP contribution in [-0.4, -0.2) is 9.13 Å².